The molecule has 0 aliphatic heterocycles. The van der Waals surface area contributed by atoms with Gasteiger partial charge in [0.2, 0.25) is 0 Å². The summed E-state index contributed by atoms with van der Waals surface area (Å²) in [6, 6.07) is 0.127. The molecule has 0 aliphatic rings. The first kappa shape index (κ1) is 12.3. The van der Waals surface area contributed by atoms with Gasteiger partial charge >= 0.3 is 0 Å². The second kappa shape index (κ2) is 6.62. The van der Waals surface area contributed by atoms with Gasteiger partial charge in [-0.2, -0.15) is 0 Å². The molecule has 0 aromatic carbocycles. The van der Waals surface area contributed by atoms with Gasteiger partial charge in [0.05, 0.1) is 6.61 Å². The van der Waals surface area contributed by atoms with E-state index in [1.165, 1.54) is 0 Å². The minimum absolute atomic E-state index is 0.127. The van der Waals surface area contributed by atoms with Crippen LogP contribution in [0.5, 0.6) is 0 Å². The smallest absolute Gasteiger partial charge is 0.175 e. The Hall–Kier alpha value is 0.180. The van der Waals surface area contributed by atoms with Gasteiger partial charge in [0.1, 0.15) is 0 Å². The number of likely N-dealkylation sites (N-methyl/N-ethyl adjacent to an activating group) is 1. The van der Waals surface area contributed by atoms with Crippen molar-refractivity contribution in [3.63, 3.8) is 0 Å². The number of hydrogen-bond acceptors (Lipinski definition) is 7. The molecule has 0 fully saturated rings. The third-order valence-electron chi connectivity index (χ3n) is 1.60. The minimum atomic E-state index is 0.127. The van der Waals surface area contributed by atoms with Gasteiger partial charge in [0, 0.05) is 11.8 Å². The summed E-state index contributed by atoms with van der Waals surface area (Å²) in [6.07, 6.45) is 1.99. The van der Waals surface area contributed by atoms with Gasteiger partial charge in [0.15, 0.2) is 8.68 Å². The third kappa shape index (κ3) is 3.74. The van der Waals surface area contributed by atoms with E-state index in [0.29, 0.717) is 0 Å². The number of nitrogens with zero attached hydrogens (tertiary/aromatic N) is 2. The van der Waals surface area contributed by atoms with Crippen LogP contribution >= 0.6 is 34.9 Å². The molecular formula is C7H13N3OS3. The SMILES string of the molecule is CNC(CO)CSc1nnc(SC)s1. The molecule has 14 heavy (non-hydrogen) atoms. The Kier molecular flexibility index (Phi) is 5.80. The fraction of sp³-hybridized carbons (Fsp3) is 0.714. The highest BCUT2D eigenvalue weighted by Crippen LogP contribution is 2.27. The number of thioether (sulfide) groups is 2. The predicted octanol–water partition coefficient (Wildman–Crippen LogP) is 0.932. The van der Waals surface area contributed by atoms with Crippen LogP contribution in [0.2, 0.25) is 0 Å². The van der Waals surface area contributed by atoms with E-state index in [1.807, 2.05) is 13.3 Å². The number of aliphatic hydroxyl groups excluding tert-OH is 1. The van der Waals surface area contributed by atoms with Gasteiger partial charge in [-0.25, -0.2) is 0 Å². The highest BCUT2D eigenvalue weighted by Gasteiger charge is 2.08. The number of rotatable bonds is 6. The van der Waals surface area contributed by atoms with E-state index in [4.69, 9.17) is 5.11 Å². The van der Waals surface area contributed by atoms with Gasteiger partial charge in [-0.15, -0.1) is 10.2 Å². The Morgan fingerprint density at radius 2 is 2.21 bits per heavy atom. The summed E-state index contributed by atoms with van der Waals surface area (Å²) in [6.45, 7) is 0.150. The number of aliphatic hydroxyl groups is 1. The topological polar surface area (TPSA) is 58.0 Å². The lowest BCUT2D eigenvalue weighted by Crippen LogP contribution is -2.31. The molecule has 2 N–H and O–H groups in total. The molecular weight excluding hydrogens is 238 g/mol. The summed E-state index contributed by atoms with van der Waals surface area (Å²) in [4.78, 5) is 0. The van der Waals surface area contributed by atoms with Crippen molar-refractivity contribution in [3.8, 4) is 0 Å². The monoisotopic (exact) mass is 251 g/mol. The van der Waals surface area contributed by atoms with Crippen molar-refractivity contribution in [1.29, 1.82) is 0 Å². The standard InChI is InChI=1S/C7H13N3OS3/c1-8-5(3-11)4-13-7-10-9-6(12-2)14-7/h5,8,11H,3-4H2,1-2H3. The maximum absolute atomic E-state index is 8.94. The average molecular weight is 251 g/mol. The first-order valence-corrected chi connectivity index (χ1v) is 7.11. The molecule has 1 unspecified atom stereocenters. The van der Waals surface area contributed by atoms with Crippen molar-refractivity contribution in [3.05, 3.63) is 0 Å². The van der Waals surface area contributed by atoms with Gasteiger partial charge < -0.3 is 10.4 Å². The molecule has 0 spiro atoms. The Morgan fingerprint density at radius 1 is 1.50 bits per heavy atom. The van der Waals surface area contributed by atoms with Crippen LogP contribution in [0.1, 0.15) is 0 Å². The first-order chi connectivity index (χ1) is 6.80. The predicted molar refractivity (Wildman–Crippen MR) is 62.3 cm³/mol. The summed E-state index contributed by atoms with van der Waals surface area (Å²) in [5.41, 5.74) is 0. The molecule has 0 saturated heterocycles. The van der Waals surface area contributed by atoms with Crippen LogP contribution in [0, 0.1) is 0 Å². The van der Waals surface area contributed by atoms with E-state index in [0.717, 1.165) is 14.4 Å². The Labute approximate surface area is 95.9 Å². The normalized spacial score (nSPS) is 13.1. The average Bonchev–Trinajstić information content (AvgIpc) is 2.67. The number of hydrogen-bond donors (Lipinski definition) is 2. The molecule has 0 radical (unpaired) electrons. The van der Waals surface area contributed by atoms with E-state index < -0.39 is 0 Å². The van der Waals surface area contributed by atoms with Crippen molar-refractivity contribution < 1.29 is 5.11 Å². The van der Waals surface area contributed by atoms with Crippen LogP contribution in [0.3, 0.4) is 0 Å². The lowest BCUT2D eigenvalue weighted by atomic mass is 10.4. The Morgan fingerprint density at radius 3 is 2.71 bits per heavy atom. The molecule has 1 aromatic heterocycles. The quantitative estimate of drug-likeness (QED) is 0.734. The largest absolute Gasteiger partial charge is 0.395 e. The molecule has 1 atom stereocenters. The summed E-state index contributed by atoms with van der Waals surface area (Å²) >= 11 is 4.82. The summed E-state index contributed by atoms with van der Waals surface area (Å²) in [5.74, 6) is 0.815. The van der Waals surface area contributed by atoms with Crippen molar-refractivity contribution in [2.45, 2.75) is 14.7 Å². The highest BCUT2D eigenvalue weighted by atomic mass is 32.2. The molecule has 1 aromatic rings. The van der Waals surface area contributed by atoms with Crippen LogP contribution in [0.15, 0.2) is 8.68 Å². The first-order valence-electron chi connectivity index (χ1n) is 4.08. The zero-order valence-electron chi connectivity index (χ0n) is 8.06. The molecule has 80 valence electrons. The van der Waals surface area contributed by atoms with Crippen LogP contribution in [0.4, 0.5) is 0 Å². The van der Waals surface area contributed by atoms with Crippen molar-refractivity contribution >= 4 is 34.9 Å². The van der Waals surface area contributed by atoms with Crippen molar-refractivity contribution in [2.75, 3.05) is 25.7 Å². The van der Waals surface area contributed by atoms with Gasteiger partial charge in [-0.1, -0.05) is 34.9 Å². The van der Waals surface area contributed by atoms with E-state index in [9.17, 15) is 0 Å². The van der Waals surface area contributed by atoms with E-state index in [-0.39, 0.29) is 12.6 Å². The van der Waals surface area contributed by atoms with E-state index in [2.05, 4.69) is 15.5 Å². The third-order valence-corrected chi connectivity index (χ3v) is 4.79. The number of nitrogens with one attached hydrogen (secondary N) is 1. The van der Waals surface area contributed by atoms with E-state index in [1.54, 1.807) is 34.9 Å². The van der Waals surface area contributed by atoms with Gasteiger partial charge in [-0.3, -0.25) is 0 Å². The minimum Gasteiger partial charge on any atom is -0.395 e. The van der Waals surface area contributed by atoms with Gasteiger partial charge in [-0.05, 0) is 13.3 Å². The van der Waals surface area contributed by atoms with Crippen LogP contribution < -0.4 is 5.32 Å². The van der Waals surface area contributed by atoms with Gasteiger partial charge in [0.25, 0.3) is 0 Å². The van der Waals surface area contributed by atoms with E-state index >= 15 is 0 Å². The fourth-order valence-electron chi connectivity index (χ4n) is 0.737. The van der Waals surface area contributed by atoms with Crippen LogP contribution in [-0.2, 0) is 0 Å². The summed E-state index contributed by atoms with van der Waals surface area (Å²) in [7, 11) is 1.84. The zero-order valence-corrected chi connectivity index (χ0v) is 10.5. The molecule has 7 heteroatoms. The molecule has 1 heterocycles. The highest BCUT2D eigenvalue weighted by molar-refractivity contribution is 8.03. The Bertz CT molecular complexity index is 264. The fourth-order valence-corrected chi connectivity index (χ4v) is 3.29. The summed E-state index contributed by atoms with van der Waals surface area (Å²) < 4.78 is 1.94. The number of aromatic nitrogens is 2. The molecule has 4 nitrogen and oxygen atoms in total. The molecule has 0 saturated carbocycles. The molecule has 0 aliphatic carbocycles. The lowest BCUT2D eigenvalue weighted by molar-refractivity contribution is 0.260. The second-order valence-electron chi connectivity index (χ2n) is 2.52. The maximum atomic E-state index is 8.94. The molecule has 0 amide bonds. The van der Waals surface area contributed by atoms with Crippen LogP contribution in [-0.4, -0.2) is 47.0 Å². The Balaban J connectivity index is 2.37. The second-order valence-corrected chi connectivity index (χ2v) is 5.82. The lowest BCUT2D eigenvalue weighted by Gasteiger charge is -2.10. The summed E-state index contributed by atoms with van der Waals surface area (Å²) in [5, 5.41) is 20.0. The molecule has 0 bridgehead atoms. The zero-order chi connectivity index (χ0) is 10.4. The molecule has 1 rings (SSSR count). The van der Waals surface area contributed by atoms with Crippen LogP contribution in [0.25, 0.3) is 0 Å². The maximum Gasteiger partial charge on any atom is 0.175 e. The van der Waals surface area contributed by atoms with Crippen molar-refractivity contribution in [1.82, 2.24) is 15.5 Å². The van der Waals surface area contributed by atoms with Crippen molar-refractivity contribution in [2.24, 2.45) is 0 Å².